The average Bonchev–Trinajstić information content (AvgIpc) is 3.50. The smallest absolute Gasteiger partial charge is 0.254 e. The zero-order valence-corrected chi connectivity index (χ0v) is 20.6. The third kappa shape index (κ3) is 3.57. The van der Waals surface area contributed by atoms with E-state index in [0.29, 0.717) is 40.1 Å². The first-order valence-electron chi connectivity index (χ1n) is 12.8. The summed E-state index contributed by atoms with van der Waals surface area (Å²) in [4.78, 5) is 23.8. The maximum atomic E-state index is 13.0. The number of benzene rings is 1. The molecule has 2 aliphatic heterocycles. The van der Waals surface area contributed by atoms with Crippen molar-refractivity contribution < 1.29 is 9.53 Å². The molecule has 4 N–H and O–H groups in total. The van der Waals surface area contributed by atoms with Gasteiger partial charge in [0.05, 0.1) is 19.9 Å². The number of carbonyl (C=O) groups excluding carboxylic acids is 1. The quantitative estimate of drug-likeness (QED) is 0.462. The summed E-state index contributed by atoms with van der Waals surface area (Å²) >= 11 is 0. The van der Waals surface area contributed by atoms with Gasteiger partial charge in [-0.2, -0.15) is 10.1 Å². The van der Waals surface area contributed by atoms with Crippen molar-refractivity contribution in [3.8, 4) is 5.75 Å². The summed E-state index contributed by atoms with van der Waals surface area (Å²) in [5.41, 5.74) is 10.1. The lowest BCUT2D eigenvalue weighted by molar-refractivity contribution is -0.0248. The topological polar surface area (TPSA) is 123 Å². The Morgan fingerprint density at radius 3 is 2.72 bits per heavy atom. The van der Waals surface area contributed by atoms with Gasteiger partial charge in [0.15, 0.2) is 5.82 Å². The average molecular weight is 489 g/mol. The van der Waals surface area contributed by atoms with Crippen molar-refractivity contribution >= 4 is 28.7 Å². The van der Waals surface area contributed by atoms with Crippen LogP contribution in [0.3, 0.4) is 0 Å². The zero-order chi connectivity index (χ0) is 24.5. The van der Waals surface area contributed by atoms with Crippen molar-refractivity contribution in [2.45, 2.75) is 32.2 Å². The highest BCUT2D eigenvalue weighted by Crippen LogP contribution is 2.63. The Kier molecular flexibility index (Phi) is 4.73. The van der Waals surface area contributed by atoms with E-state index >= 15 is 0 Å². The Bertz CT molecular complexity index is 1340. The number of nitrogens with two attached hydrogens (primary N) is 1. The molecule has 4 aliphatic rings. The summed E-state index contributed by atoms with van der Waals surface area (Å²) in [5.74, 6) is 2.36. The summed E-state index contributed by atoms with van der Waals surface area (Å²) in [6, 6.07) is 5.67. The van der Waals surface area contributed by atoms with E-state index in [4.69, 9.17) is 10.5 Å². The fourth-order valence-electron chi connectivity index (χ4n) is 6.36. The van der Waals surface area contributed by atoms with E-state index in [0.717, 1.165) is 49.6 Å². The number of nitrogens with zero attached hydrogens (tertiary/aromatic N) is 5. The van der Waals surface area contributed by atoms with E-state index in [2.05, 4.69) is 25.7 Å². The van der Waals surface area contributed by atoms with Gasteiger partial charge in [-0.25, -0.2) is 4.98 Å². The standard InChI is InChI=1S/C26H32N8O2/c1-36-20-6-17(23(35)33-14-26(15-33)12-28-13-26)2-3-18(20)11-34-21-19(10-30-34)31-24(27)32-22(21)29-9-16-7-25(8-16)4-5-25/h2-3,6,10,16,28H,4-5,7-9,11-15H2,1H3,(H3,27,29,31,32). The van der Waals surface area contributed by atoms with Gasteiger partial charge in [0.2, 0.25) is 5.95 Å². The molecule has 10 heteroatoms. The molecule has 4 fully saturated rings. The van der Waals surface area contributed by atoms with Crippen LogP contribution in [0.15, 0.2) is 24.4 Å². The maximum Gasteiger partial charge on any atom is 0.254 e. The molecular formula is C26H32N8O2. The summed E-state index contributed by atoms with van der Waals surface area (Å²) < 4.78 is 7.57. The van der Waals surface area contributed by atoms with Crippen LogP contribution in [-0.2, 0) is 6.54 Å². The Hall–Kier alpha value is -3.40. The normalized spacial score (nSPS) is 21.2. The largest absolute Gasteiger partial charge is 0.496 e. The lowest BCUT2D eigenvalue weighted by atomic mass is 9.72. The number of anilines is 2. The van der Waals surface area contributed by atoms with E-state index < -0.39 is 0 Å². The number of amides is 1. The Morgan fingerprint density at radius 1 is 1.22 bits per heavy atom. The monoisotopic (exact) mass is 488 g/mol. The molecule has 2 saturated heterocycles. The molecule has 2 aromatic heterocycles. The molecule has 0 unspecified atom stereocenters. The van der Waals surface area contributed by atoms with Crippen LogP contribution in [0.5, 0.6) is 5.75 Å². The minimum absolute atomic E-state index is 0.0567. The summed E-state index contributed by atoms with van der Waals surface area (Å²) in [6.45, 7) is 5.00. The highest BCUT2D eigenvalue weighted by atomic mass is 16.5. The fraction of sp³-hybridized carbons (Fsp3) is 0.538. The van der Waals surface area contributed by atoms with Crippen molar-refractivity contribution in [3.63, 3.8) is 0 Å². The Morgan fingerprint density at radius 2 is 2.03 bits per heavy atom. The maximum absolute atomic E-state index is 13.0. The Labute approximate surface area is 209 Å². The van der Waals surface area contributed by atoms with Crippen LogP contribution in [-0.4, -0.2) is 70.4 Å². The van der Waals surface area contributed by atoms with Crippen molar-refractivity contribution in [3.05, 3.63) is 35.5 Å². The number of likely N-dealkylation sites (tertiary alicyclic amines) is 1. The van der Waals surface area contributed by atoms with Gasteiger partial charge >= 0.3 is 0 Å². The van der Waals surface area contributed by atoms with Crippen LogP contribution in [0.4, 0.5) is 11.8 Å². The molecule has 2 spiro atoms. The Balaban J connectivity index is 1.10. The lowest BCUT2D eigenvalue weighted by Gasteiger charge is -2.56. The minimum Gasteiger partial charge on any atom is -0.496 e. The van der Waals surface area contributed by atoms with Crippen molar-refractivity contribution in [2.75, 3.05) is 50.9 Å². The van der Waals surface area contributed by atoms with Crippen LogP contribution in [0, 0.1) is 16.7 Å². The number of ether oxygens (including phenoxy) is 1. The van der Waals surface area contributed by atoms with Crippen LogP contribution in [0.1, 0.15) is 41.6 Å². The molecule has 0 atom stereocenters. The van der Waals surface area contributed by atoms with Gasteiger partial charge in [0.1, 0.15) is 16.8 Å². The lowest BCUT2D eigenvalue weighted by Crippen LogP contribution is -2.71. The second-order valence-electron chi connectivity index (χ2n) is 11.4. The van der Waals surface area contributed by atoms with E-state index in [1.165, 1.54) is 25.7 Å². The number of nitrogen functional groups attached to an aromatic ring is 1. The first-order chi connectivity index (χ1) is 17.4. The first-order valence-corrected chi connectivity index (χ1v) is 12.8. The predicted molar refractivity (Wildman–Crippen MR) is 136 cm³/mol. The van der Waals surface area contributed by atoms with E-state index in [9.17, 15) is 4.79 Å². The highest BCUT2D eigenvalue weighted by molar-refractivity contribution is 5.95. The van der Waals surface area contributed by atoms with E-state index in [-0.39, 0.29) is 11.9 Å². The summed E-state index contributed by atoms with van der Waals surface area (Å²) in [6.07, 6.45) is 7.12. The van der Waals surface area contributed by atoms with Crippen molar-refractivity contribution in [2.24, 2.45) is 16.7 Å². The van der Waals surface area contributed by atoms with E-state index in [1.807, 2.05) is 27.8 Å². The predicted octanol–water partition coefficient (Wildman–Crippen LogP) is 2.11. The zero-order valence-electron chi connectivity index (χ0n) is 20.6. The van der Waals surface area contributed by atoms with Crippen LogP contribution in [0.25, 0.3) is 11.0 Å². The number of aromatic nitrogens is 4. The van der Waals surface area contributed by atoms with Gasteiger partial charge in [0, 0.05) is 49.3 Å². The fourth-order valence-corrected chi connectivity index (χ4v) is 6.36. The molecule has 10 nitrogen and oxygen atoms in total. The second-order valence-corrected chi connectivity index (χ2v) is 11.4. The van der Waals surface area contributed by atoms with Gasteiger partial charge in [-0.05, 0) is 49.1 Å². The summed E-state index contributed by atoms with van der Waals surface area (Å²) in [7, 11) is 1.63. The highest BCUT2D eigenvalue weighted by Gasteiger charge is 2.52. The molecule has 188 valence electrons. The molecule has 4 heterocycles. The molecule has 2 saturated carbocycles. The summed E-state index contributed by atoms with van der Waals surface area (Å²) in [5, 5.41) is 11.4. The number of rotatable bonds is 7. The molecule has 1 amide bonds. The molecular weight excluding hydrogens is 456 g/mol. The van der Waals surface area contributed by atoms with Gasteiger partial charge < -0.3 is 26.0 Å². The van der Waals surface area contributed by atoms with Crippen molar-refractivity contribution in [1.29, 1.82) is 0 Å². The molecule has 2 aliphatic carbocycles. The van der Waals surface area contributed by atoms with Gasteiger partial charge in [-0.15, -0.1) is 0 Å². The number of hydrogen-bond acceptors (Lipinski definition) is 8. The van der Waals surface area contributed by atoms with Gasteiger partial charge in [0.25, 0.3) is 5.91 Å². The third-order valence-corrected chi connectivity index (χ3v) is 8.66. The number of carbonyl (C=O) groups is 1. The van der Waals surface area contributed by atoms with E-state index in [1.54, 1.807) is 13.3 Å². The molecule has 7 rings (SSSR count). The third-order valence-electron chi connectivity index (χ3n) is 8.66. The van der Waals surface area contributed by atoms with Crippen molar-refractivity contribution in [1.82, 2.24) is 30.0 Å². The second kappa shape index (κ2) is 7.80. The number of fused-ring (bicyclic) bond motifs is 1. The number of methoxy groups -OCH3 is 1. The molecule has 0 radical (unpaired) electrons. The minimum atomic E-state index is 0.0567. The van der Waals surface area contributed by atoms with Gasteiger partial charge in [-0.3, -0.25) is 9.48 Å². The number of hydrogen-bond donors (Lipinski definition) is 3. The SMILES string of the molecule is COc1cc(C(=O)N2CC3(CNC3)C2)ccc1Cn1ncc2nc(N)nc(NCC3CC4(CC4)C3)c21. The first kappa shape index (κ1) is 21.8. The van der Waals surface area contributed by atoms with Crippen LogP contribution >= 0.6 is 0 Å². The number of nitrogens with one attached hydrogen (secondary N) is 2. The molecule has 36 heavy (non-hydrogen) atoms. The van der Waals surface area contributed by atoms with Gasteiger partial charge in [-0.1, -0.05) is 6.07 Å². The van der Waals surface area contributed by atoms with Crippen LogP contribution in [0.2, 0.25) is 0 Å². The van der Waals surface area contributed by atoms with Crippen LogP contribution < -0.4 is 21.1 Å². The molecule has 0 bridgehead atoms. The molecule has 3 aromatic rings. The molecule has 1 aromatic carbocycles.